The van der Waals surface area contributed by atoms with E-state index in [1.165, 1.54) is 12.1 Å². The van der Waals surface area contributed by atoms with Crippen molar-refractivity contribution in [3.63, 3.8) is 0 Å². The van der Waals surface area contributed by atoms with Gasteiger partial charge in [0.05, 0.1) is 0 Å². The fourth-order valence-corrected chi connectivity index (χ4v) is 1.76. The van der Waals surface area contributed by atoms with Gasteiger partial charge in [0.15, 0.2) is 11.6 Å². The third-order valence-electron chi connectivity index (χ3n) is 2.67. The van der Waals surface area contributed by atoms with Gasteiger partial charge in [-0.25, -0.2) is 8.78 Å². The lowest BCUT2D eigenvalue weighted by atomic mass is 10.0. The van der Waals surface area contributed by atoms with Crippen molar-refractivity contribution in [3.05, 3.63) is 65.2 Å². The van der Waals surface area contributed by atoms with Crippen LogP contribution in [0.25, 0.3) is 0 Å². The fraction of sp³-hybridized carbons (Fsp3) is 0.143. The average molecular weight is 304 g/mol. The van der Waals surface area contributed by atoms with E-state index in [-0.39, 0.29) is 11.1 Å². The smallest absolute Gasteiger partial charge is 0.406 e. The zero-order chi connectivity index (χ0) is 15.6. The number of aliphatic hydroxyl groups is 1. The molecule has 0 bridgehead atoms. The predicted molar refractivity (Wildman–Crippen MR) is 63.5 cm³/mol. The molecule has 0 heterocycles. The Morgan fingerprint density at radius 3 is 2.19 bits per heavy atom. The standard InChI is InChI=1S/C14H9F5O2/c15-11-5-4-9(7-12(11)16)13(20)8-2-1-3-10(6-8)21-14(17,18)19/h1-7,13,20H. The molecule has 0 radical (unpaired) electrons. The molecule has 0 fully saturated rings. The van der Waals surface area contributed by atoms with Crippen molar-refractivity contribution in [1.29, 1.82) is 0 Å². The number of hydrogen-bond acceptors (Lipinski definition) is 2. The van der Waals surface area contributed by atoms with Crippen LogP contribution in [0.4, 0.5) is 22.0 Å². The molecule has 0 spiro atoms. The zero-order valence-corrected chi connectivity index (χ0v) is 10.4. The molecular formula is C14H9F5O2. The van der Waals surface area contributed by atoms with Crippen LogP contribution >= 0.6 is 0 Å². The van der Waals surface area contributed by atoms with E-state index in [0.29, 0.717) is 0 Å². The first-order valence-electron chi connectivity index (χ1n) is 5.75. The maximum Gasteiger partial charge on any atom is 0.573 e. The first-order chi connectivity index (χ1) is 9.76. The van der Waals surface area contributed by atoms with Crippen LogP contribution < -0.4 is 4.74 Å². The molecule has 0 aromatic heterocycles. The van der Waals surface area contributed by atoms with Gasteiger partial charge in [-0.15, -0.1) is 13.2 Å². The Hall–Kier alpha value is -2.15. The highest BCUT2D eigenvalue weighted by Crippen LogP contribution is 2.28. The summed E-state index contributed by atoms with van der Waals surface area (Å²) >= 11 is 0. The zero-order valence-electron chi connectivity index (χ0n) is 10.4. The third-order valence-corrected chi connectivity index (χ3v) is 2.67. The SMILES string of the molecule is OC(c1cccc(OC(F)(F)F)c1)c1ccc(F)c(F)c1. The first kappa shape index (κ1) is 15.2. The summed E-state index contributed by atoms with van der Waals surface area (Å²) in [5.74, 6) is -2.75. The van der Waals surface area contributed by atoms with E-state index >= 15 is 0 Å². The molecule has 2 nitrogen and oxygen atoms in total. The minimum Gasteiger partial charge on any atom is -0.406 e. The quantitative estimate of drug-likeness (QED) is 0.870. The summed E-state index contributed by atoms with van der Waals surface area (Å²) in [6, 6.07) is 7.37. The minimum absolute atomic E-state index is 0.0121. The summed E-state index contributed by atoms with van der Waals surface area (Å²) in [5, 5.41) is 10.0. The molecule has 0 amide bonds. The molecule has 2 rings (SSSR count). The van der Waals surface area contributed by atoms with Crippen molar-refractivity contribution in [1.82, 2.24) is 0 Å². The second-order valence-electron chi connectivity index (χ2n) is 4.20. The molecule has 0 saturated carbocycles. The summed E-state index contributed by atoms with van der Waals surface area (Å²) in [7, 11) is 0. The number of aliphatic hydroxyl groups excluding tert-OH is 1. The van der Waals surface area contributed by atoms with E-state index in [2.05, 4.69) is 4.74 Å². The number of hydrogen-bond donors (Lipinski definition) is 1. The first-order valence-corrected chi connectivity index (χ1v) is 5.75. The predicted octanol–water partition coefficient (Wildman–Crippen LogP) is 3.95. The van der Waals surface area contributed by atoms with Gasteiger partial charge in [-0.05, 0) is 35.4 Å². The maximum atomic E-state index is 13.1. The van der Waals surface area contributed by atoms with E-state index < -0.39 is 29.9 Å². The van der Waals surface area contributed by atoms with E-state index in [4.69, 9.17) is 0 Å². The Morgan fingerprint density at radius 1 is 0.905 bits per heavy atom. The second kappa shape index (κ2) is 5.69. The number of ether oxygens (including phenoxy) is 1. The lowest BCUT2D eigenvalue weighted by molar-refractivity contribution is -0.274. The Morgan fingerprint density at radius 2 is 1.57 bits per heavy atom. The van der Waals surface area contributed by atoms with Crippen molar-refractivity contribution in [2.45, 2.75) is 12.5 Å². The fourth-order valence-electron chi connectivity index (χ4n) is 1.76. The van der Waals surface area contributed by atoms with Crippen molar-refractivity contribution >= 4 is 0 Å². The van der Waals surface area contributed by atoms with Gasteiger partial charge in [0, 0.05) is 0 Å². The molecule has 2 aromatic rings. The normalized spacial score (nSPS) is 13.0. The Kier molecular flexibility index (Phi) is 4.13. The lowest BCUT2D eigenvalue weighted by Crippen LogP contribution is -2.17. The molecule has 0 aliphatic heterocycles. The summed E-state index contributed by atoms with van der Waals surface area (Å²) in [4.78, 5) is 0. The van der Waals surface area contributed by atoms with Crippen LogP contribution in [0.2, 0.25) is 0 Å². The van der Waals surface area contributed by atoms with Crippen LogP contribution in [0.3, 0.4) is 0 Å². The van der Waals surface area contributed by atoms with Crippen molar-refractivity contribution < 1.29 is 31.8 Å². The molecular weight excluding hydrogens is 295 g/mol. The van der Waals surface area contributed by atoms with Crippen LogP contribution in [0.1, 0.15) is 17.2 Å². The molecule has 1 atom stereocenters. The van der Waals surface area contributed by atoms with Gasteiger partial charge in [0.2, 0.25) is 0 Å². The second-order valence-corrected chi connectivity index (χ2v) is 4.20. The number of rotatable bonds is 3. The van der Waals surface area contributed by atoms with Gasteiger partial charge in [0.25, 0.3) is 0 Å². The Balaban J connectivity index is 2.28. The number of halogens is 5. The summed E-state index contributed by atoms with van der Waals surface area (Å²) in [6.45, 7) is 0. The van der Waals surface area contributed by atoms with Crippen molar-refractivity contribution in [2.75, 3.05) is 0 Å². The van der Waals surface area contributed by atoms with Gasteiger partial charge in [0.1, 0.15) is 11.9 Å². The molecule has 21 heavy (non-hydrogen) atoms. The van der Waals surface area contributed by atoms with Crippen LogP contribution in [-0.2, 0) is 0 Å². The highest BCUT2D eigenvalue weighted by atomic mass is 19.4. The number of benzene rings is 2. The van der Waals surface area contributed by atoms with E-state index in [1.807, 2.05) is 0 Å². The topological polar surface area (TPSA) is 29.5 Å². The van der Waals surface area contributed by atoms with Crippen LogP contribution in [0, 0.1) is 11.6 Å². The van der Waals surface area contributed by atoms with Gasteiger partial charge in [-0.1, -0.05) is 18.2 Å². The summed E-state index contributed by atoms with van der Waals surface area (Å²) in [6.07, 6.45) is -6.26. The number of alkyl halides is 3. The van der Waals surface area contributed by atoms with Crippen LogP contribution in [0.15, 0.2) is 42.5 Å². The molecule has 2 aromatic carbocycles. The van der Waals surface area contributed by atoms with Crippen molar-refractivity contribution in [2.24, 2.45) is 0 Å². The maximum absolute atomic E-state index is 13.1. The molecule has 1 N–H and O–H groups in total. The van der Waals surface area contributed by atoms with Gasteiger partial charge in [-0.3, -0.25) is 0 Å². The Labute approximate surface area is 116 Å². The molecule has 112 valence electrons. The van der Waals surface area contributed by atoms with Crippen molar-refractivity contribution in [3.8, 4) is 5.75 Å². The lowest BCUT2D eigenvalue weighted by Gasteiger charge is -2.14. The Bertz CT molecular complexity index is 640. The molecule has 0 saturated heterocycles. The van der Waals surface area contributed by atoms with Gasteiger partial charge < -0.3 is 9.84 Å². The van der Waals surface area contributed by atoms with E-state index in [9.17, 15) is 27.1 Å². The molecule has 1 unspecified atom stereocenters. The van der Waals surface area contributed by atoms with Crippen LogP contribution in [0.5, 0.6) is 5.75 Å². The molecule has 0 aliphatic carbocycles. The highest BCUT2D eigenvalue weighted by molar-refractivity contribution is 5.35. The van der Waals surface area contributed by atoms with Gasteiger partial charge in [-0.2, -0.15) is 0 Å². The minimum atomic E-state index is -4.86. The molecule has 7 heteroatoms. The van der Waals surface area contributed by atoms with E-state index in [0.717, 1.165) is 30.3 Å². The monoisotopic (exact) mass is 304 g/mol. The summed E-state index contributed by atoms with van der Waals surface area (Å²) in [5.41, 5.74) is 0.0702. The third kappa shape index (κ3) is 3.91. The van der Waals surface area contributed by atoms with Crippen LogP contribution in [-0.4, -0.2) is 11.5 Å². The average Bonchev–Trinajstić information content (AvgIpc) is 2.39. The highest BCUT2D eigenvalue weighted by Gasteiger charge is 2.31. The molecule has 0 aliphatic rings. The largest absolute Gasteiger partial charge is 0.573 e. The summed E-state index contributed by atoms with van der Waals surface area (Å²) < 4.78 is 66.0. The van der Waals surface area contributed by atoms with Gasteiger partial charge >= 0.3 is 6.36 Å². The van der Waals surface area contributed by atoms with E-state index in [1.54, 1.807) is 0 Å².